The molecule has 0 aliphatic rings. The van der Waals surface area contributed by atoms with Crippen LogP contribution in [0.4, 0.5) is 0 Å². The van der Waals surface area contributed by atoms with Crippen LogP contribution in [0.25, 0.3) is 21.7 Å². The number of nitrogens with zero attached hydrogens (tertiary/aromatic N) is 2. The number of rotatable bonds is 8. The van der Waals surface area contributed by atoms with E-state index in [1.165, 1.54) is 0 Å². The van der Waals surface area contributed by atoms with E-state index >= 15 is 0 Å². The molecule has 0 saturated carbocycles. The maximum atomic E-state index is 13.1. The molecule has 188 valence electrons. The number of hydrogen-bond acceptors (Lipinski definition) is 4. The lowest BCUT2D eigenvalue weighted by Crippen LogP contribution is -2.38. The van der Waals surface area contributed by atoms with Gasteiger partial charge in [0, 0.05) is 22.3 Å². The quantitative estimate of drug-likeness (QED) is 0.193. The fraction of sp³-hybridized carbons (Fsp3) is 0.219. The lowest BCUT2D eigenvalue weighted by molar-refractivity contribution is 0.00512. The summed E-state index contributed by atoms with van der Waals surface area (Å²) in [6.07, 6.45) is 2.63. The van der Waals surface area contributed by atoms with Crippen molar-refractivity contribution < 1.29 is 5.11 Å². The van der Waals surface area contributed by atoms with E-state index in [-0.39, 0.29) is 5.92 Å². The summed E-state index contributed by atoms with van der Waals surface area (Å²) in [6, 6.07) is 33.4. The average Bonchev–Trinajstić information content (AvgIpc) is 2.92. The number of thioether (sulfide) groups is 1. The van der Waals surface area contributed by atoms with Crippen molar-refractivity contribution in [3.63, 3.8) is 0 Å². The molecule has 0 bridgehead atoms. The Kier molecular flexibility index (Phi) is 7.68. The van der Waals surface area contributed by atoms with Gasteiger partial charge in [0.05, 0.1) is 5.52 Å². The summed E-state index contributed by atoms with van der Waals surface area (Å²) < 4.78 is 1.01. The van der Waals surface area contributed by atoms with Gasteiger partial charge < -0.3 is 10.0 Å². The first-order valence-electron chi connectivity index (χ1n) is 12.4. The molecule has 37 heavy (non-hydrogen) atoms. The van der Waals surface area contributed by atoms with E-state index in [1.54, 1.807) is 11.8 Å². The van der Waals surface area contributed by atoms with Crippen LogP contribution in [0.2, 0.25) is 0 Å². The Morgan fingerprint density at radius 2 is 1.62 bits per heavy atom. The molecule has 5 heteroatoms. The molecule has 5 rings (SSSR count). The minimum absolute atomic E-state index is 0.321. The number of halogens is 1. The highest BCUT2D eigenvalue weighted by molar-refractivity contribution is 9.10. The van der Waals surface area contributed by atoms with Gasteiger partial charge in [-0.05, 0) is 78.5 Å². The van der Waals surface area contributed by atoms with E-state index in [0.717, 1.165) is 54.4 Å². The van der Waals surface area contributed by atoms with Gasteiger partial charge in [0.2, 0.25) is 0 Å². The molecule has 5 aromatic rings. The zero-order chi connectivity index (χ0) is 26.0. The van der Waals surface area contributed by atoms with Gasteiger partial charge in [-0.2, -0.15) is 0 Å². The molecule has 1 aromatic heterocycles. The number of aromatic nitrogens is 1. The molecular formula is C32H31BrN2OS. The zero-order valence-corrected chi connectivity index (χ0v) is 23.8. The van der Waals surface area contributed by atoms with Crippen LogP contribution in [-0.2, 0) is 5.60 Å². The Hall–Kier alpha value is -2.70. The number of aliphatic hydroxyl groups is 1. The van der Waals surface area contributed by atoms with E-state index < -0.39 is 5.60 Å². The summed E-state index contributed by atoms with van der Waals surface area (Å²) >= 11 is 5.26. The van der Waals surface area contributed by atoms with Crippen LogP contribution in [0.3, 0.4) is 0 Å². The molecule has 0 radical (unpaired) electrons. The molecule has 0 aliphatic heterocycles. The molecule has 4 aromatic carbocycles. The normalized spacial score (nSPS) is 14.2. The van der Waals surface area contributed by atoms with Gasteiger partial charge in [0.25, 0.3) is 0 Å². The number of benzene rings is 4. The second-order valence-corrected chi connectivity index (χ2v) is 11.5. The van der Waals surface area contributed by atoms with Crippen LogP contribution in [0.1, 0.15) is 29.0 Å². The molecule has 0 unspecified atom stereocenters. The van der Waals surface area contributed by atoms with Gasteiger partial charge >= 0.3 is 0 Å². The van der Waals surface area contributed by atoms with Crippen molar-refractivity contribution >= 4 is 49.4 Å². The van der Waals surface area contributed by atoms with E-state index in [4.69, 9.17) is 4.98 Å². The highest BCUT2D eigenvalue weighted by atomic mass is 79.9. The molecule has 0 aliphatic carbocycles. The van der Waals surface area contributed by atoms with Crippen LogP contribution in [-0.4, -0.2) is 41.9 Å². The molecule has 0 saturated heterocycles. The van der Waals surface area contributed by atoms with Crippen molar-refractivity contribution in [3.8, 4) is 0 Å². The maximum absolute atomic E-state index is 13.1. The Morgan fingerprint density at radius 3 is 2.38 bits per heavy atom. The van der Waals surface area contributed by atoms with Gasteiger partial charge in [-0.15, -0.1) is 11.8 Å². The fourth-order valence-corrected chi connectivity index (χ4v) is 6.29. The SMILES string of the molecule is CSc1nc2ccc(Br)cc2cc1[C@H](c1ccccc1)[C@](O)(CCN(C)C)c1cccc2ccccc12. The lowest BCUT2D eigenvalue weighted by atomic mass is 9.71. The molecule has 2 atom stereocenters. The van der Waals surface area contributed by atoms with Crippen molar-refractivity contribution in [2.24, 2.45) is 0 Å². The third-order valence-electron chi connectivity index (χ3n) is 7.08. The fourth-order valence-electron chi connectivity index (χ4n) is 5.31. The maximum Gasteiger partial charge on any atom is 0.102 e. The summed E-state index contributed by atoms with van der Waals surface area (Å²) in [5.74, 6) is -0.321. The molecule has 3 nitrogen and oxygen atoms in total. The molecule has 0 fully saturated rings. The first kappa shape index (κ1) is 25.9. The summed E-state index contributed by atoms with van der Waals surface area (Å²) in [5, 5.41) is 17.3. The Morgan fingerprint density at radius 1 is 0.892 bits per heavy atom. The largest absolute Gasteiger partial charge is 0.384 e. The Bertz CT molecular complexity index is 1530. The molecule has 0 amide bonds. The van der Waals surface area contributed by atoms with Crippen molar-refractivity contribution in [1.29, 1.82) is 0 Å². The second-order valence-electron chi connectivity index (χ2n) is 9.77. The van der Waals surface area contributed by atoms with Crippen molar-refractivity contribution in [2.75, 3.05) is 26.9 Å². The van der Waals surface area contributed by atoms with E-state index in [1.807, 2.05) is 18.2 Å². The van der Waals surface area contributed by atoms with Gasteiger partial charge in [0.15, 0.2) is 0 Å². The number of fused-ring (bicyclic) bond motifs is 2. The zero-order valence-electron chi connectivity index (χ0n) is 21.4. The summed E-state index contributed by atoms with van der Waals surface area (Å²) in [4.78, 5) is 7.21. The van der Waals surface area contributed by atoms with Crippen LogP contribution in [0.5, 0.6) is 0 Å². The van der Waals surface area contributed by atoms with E-state index in [0.29, 0.717) is 6.42 Å². The molecule has 1 heterocycles. The highest BCUT2D eigenvalue weighted by Crippen LogP contribution is 2.48. The minimum Gasteiger partial charge on any atom is -0.384 e. The van der Waals surface area contributed by atoms with Crippen molar-refractivity contribution in [3.05, 3.63) is 118 Å². The topological polar surface area (TPSA) is 36.4 Å². The molecule has 1 N–H and O–H groups in total. The van der Waals surface area contributed by atoms with Gasteiger partial charge in [-0.1, -0.05) is 88.7 Å². The van der Waals surface area contributed by atoms with Crippen LogP contribution in [0.15, 0.2) is 107 Å². The summed E-state index contributed by atoms with van der Waals surface area (Å²) in [6.45, 7) is 0.740. The third kappa shape index (κ3) is 5.19. The van der Waals surface area contributed by atoms with Gasteiger partial charge in [0.1, 0.15) is 10.6 Å². The lowest BCUT2D eigenvalue weighted by Gasteiger charge is -2.39. The second kappa shape index (κ2) is 11.0. The first-order chi connectivity index (χ1) is 17.9. The highest BCUT2D eigenvalue weighted by Gasteiger charge is 2.42. The molecule has 0 spiro atoms. The Balaban J connectivity index is 1.84. The van der Waals surface area contributed by atoms with Crippen LogP contribution >= 0.6 is 27.7 Å². The van der Waals surface area contributed by atoms with Gasteiger partial charge in [-0.3, -0.25) is 0 Å². The van der Waals surface area contributed by atoms with Crippen molar-refractivity contribution in [1.82, 2.24) is 9.88 Å². The van der Waals surface area contributed by atoms with Crippen LogP contribution in [0, 0.1) is 0 Å². The third-order valence-corrected chi connectivity index (χ3v) is 8.29. The number of hydrogen-bond donors (Lipinski definition) is 1. The summed E-state index contributed by atoms with van der Waals surface area (Å²) in [7, 11) is 4.12. The standard InChI is InChI=1S/C32H31BrN2OS/c1-35(2)19-18-32(36,28-15-9-13-22-10-7-8-14-26(22)28)30(23-11-5-4-6-12-23)27-21-24-20-25(33)16-17-29(24)34-31(27)37-3/h4-17,20-21,30,36H,18-19H2,1-3H3/t30-,32-/m0/s1. The number of pyridine rings is 1. The van der Waals surface area contributed by atoms with E-state index in [2.05, 4.69) is 120 Å². The predicted molar refractivity (Wildman–Crippen MR) is 161 cm³/mol. The Labute approximate surface area is 231 Å². The molecular weight excluding hydrogens is 540 g/mol. The smallest absolute Gasteiger partial charge is 0.102 e. The van der Waals surface area contributed by atoms with Crippen LogP contribution < -0.4 is 0 Å². The van der Waals surface area contributed by atoms with Gasteiger partial charge in [-0.25, -0.2) is 4.98 Å². The monoisotopic (exact) mass is 570 g/mol. The first-order valence-corrected chi connectivity index (χ1v) is 14.5. The minimum atomic E-state index is -1.18. The predicted octanol–water partition coefficient (Wildman–Crippen LogP) is 7.84. The average molecular weight is 572 g/mol. The summed E-state index contributed by atoms with van der Waals surface area (Å²) in [5.41, 5.74) is 2.83. The van der Waals surface area contributed by atoms with Crippen molar-refractivity contribution in [2.45, 2.75) is 23.0 Å². The van der Waals surface area contributed by atoms with E-state index in [9.17, 15) is 5.11 Å².